The Kier molecular flexibility index (Phi) is 3.60. The maximum atomic E-state index is 12.0. The van der Waals surface area contributed by atoms with Gasteiger partial charge in [0.05, 0.1) is 6.54 Å². The van der Waals surface area contributed by atoms with Crippen LogP contribution in [0, 0.1) is 5.41 Å². The summed E-state index contributed by atoms with van der Waals surface area (Å²) in [4.78, 5) is 24.9. The second-order valence-electron chi connectivity index (χ2n) is 6.63. The molecule has 0 saturated carbocycles. The van der Waals surface area contributed by atoms with E-state index in [0.717, 1.165) is 0 Å². The van der Waals surface area contributed by atoms with Crippen LogP contribution in [-0.2, 0) is 4.74 Å². The highest BCUT2D eigenvalue weighted by Crippen LogP contribution is 2.29. The van der Waals surface area contributed by atoms with E-state index in [4.69, 9.17) is 4.74 Å². The minimum Gasteiger partial charge on any atom is -0.441 e. The lowest BCUT2D eigenvalue weighted by atomic mass is 9.92. The van der Waals surface area contributed by atoms with Gasteiger partial charge in [-0.3, -0.25) is 0 Å². The molecular formula is C13H23N3O3. The SMILES string of the molecule is CC(C)(C)CNC(=O)N1CCC2(CC1)CNC(=O)O2. The largest absolute Gasteiger partial charge is 0.441 e. The summed E-state index contributed by atoms with van der Waals surface area (Å²) in [5.41, 5.74) is -0.310. The molecule has 0 unspecified atom stereocenters. The zero-order chi connectivity index (χ0) is 14.1. The summed E-state index contributed by atoms with van der Waals surface area (Å²) in [6.45, 7) is 8.73. The topological polar surface area (TPSA) is 70.7 Å². The van der Waals surface area contributed by atoms with Gasteiger partial charge in [0.15, 0.2) is 0 Å². The van der Waals surface area contributed by atoms with Crippen LogP contribution in [0.4, 0.5) is 9.59 Å². The molecule has 2 aliphatic heterocycles. The van der Waals surface area contributed by atoms with Crippen LogP contribution in [0.25, 0.3) is 0 Å². The molecule has 0 bridgehead atoms. The third-order valence-electron chi connectivity index (χ3n) is 3.60. The van der Waals surface area contributed by atoms with Crippen molar-refractivity contribution >= 4 is 12.1 Å². The number of hydrogen-bond acceptors (Lipinski definition) is 3. The molecule has 0 atom stereocenters. The fourth-order valence-electron chi connectivity index (χ4n) is 2.35. The number of rotatable bonds is 1. The first kappa shape index (κ1) is 14.0. The Morgan fingerprint density at radius 1 is 1.42 bits per heavy atom. The third kappa shape index (κ3) is 3.52. The van der Waals surface area contributed by atoms with Crippen LogP contribution in [-0.4, -0.2) is 48.8 Å². The van der Waals surface area contributed by atoms with Crippen LogP contribution in [0.15, 0.2) is 0 Å². The molecule has 2 saturated heterocycles. The number of hydrogen-bond donors (Lipinski definition) is 2. The maximum absolute atomic E-state index is 12.0. The first-order chi connectivity index (χ1) is 8.80. The number of nitrogens with one attached hydrogen (secondary N) is 2. The van der Waals surface area contributed by atoms with Gasteiger partial charge in [0, 0.05) is 32.5 Å². The Balaban J connectivity index is 1.80. The predicted molar refractivity (Wildman–Crippen MR) is 70.9 cm³/mol. The maximum Gasteiger partial charge on any atom is 0.407 e. The van der Waals surface area contributed by atoms with Crippen LogP contribution in [0.3, 0.4) is 0 Å². The van der Waals surface area contributed by atoms with Crippen molar-refractivity contribution in [3.05, 3.63) is 0 Å². The van der Waals surface area contributed by atoms with Crippen LogP contribution in [0.5, 0.6) is 0 Å². The lowest BCUT2D eigenvalue weighted by Gasteiger charge is -2.37. The van der Waals surface area contributed by atoms with Crippen LogP contribution in [0.1, 0.15) is 33.6 Å². The number of carbonyl (C=O) groups excluding carboxylic acids is 2. The number of alkyl carbamates (subject to hydrolysis) is 1. The van der Waals surface area contributed by atoms with Gasteiger partial charge in [-0.25, -0.2) is 9.59 Å². The Labute approximate surface area is 113 Å². The molecule has 2 heterocycles. The van der Waals surface area contributed by atoms with Gasteiger partial charge in [-0.15, -0.1) is 0 Å². The van der Waals surface area contributed by atoms with Gasteiger partial charge in [0.25, 0.3) is 0 Å². The average Bonchev–Trinajstić information content (AvgIpc) is 2.68. The number of carbonyl (C=O) groups is 2. The average molecular weight is 269 g/mol. The second kappa shape index (κ2) is 4.90. The molecular weight excluding hydrogens is 246 g/mol. The summed E-state index contributed by atoms with van der Waals surface area (Å²) in [6.07, 6.45) is 1.06. The molecule has 0 radical (unpaired) electrons. The Morgan fingerprint density at radius 2 is 2.05 bits per heavy atom. The molecule has 0 aromatic heterocycles. The van der Waals surface area contributed by atoms with E-state index >= 15 is 0 Å². The van der Waals surface area contributed by atoms with E-state index in [1.165, 1.54) is 0 Å². The van der Waals surface area contributed by atoms with Crippen molar-refractivity contribution in [1.82, 2.24) is 15.5 Å². The molecule has 19 heavy (non-hydrogen) atoms. The number of piperidine rings is 1. The van der Waals surface area contributed by atoms with Crippen molar-refractivity contribution in [3.63, 3.8) is 0 Å². The number of ether oxygens (including phenoxy) is 1. The summed E-state index contributed by atoms with van der Waals surface area (Å²) in [7, 11) is 0. The lowest BCUT2D eigenvalue weighted by Crippen LogP contribution is -2.52. The van der Waals surface area contributed by atoms with Crippen molar-refractivity contribution in [1.29, 1.82) is 0 Å². The monoisotopic (exact) mass is 269 g/mol. The first-order valence-corrected chi connectivity index (χ1v) is 6.79. The van der Waals surface area contributed by atoms with Crippen LogP contribution < -0.4 is 10.6 Å². The highest BCUT2D eigenvalue weighted by Gasteiger charge is 2.43. The van der Waals surface area contributed by atoms with E-state index < -0.39 is 5.60 Å². The molecule has 2 rings (SSSR count). The number of nitrogens with zero attached hydrogens (tertiary/aromatic N) is 1. The zero-order valence-electron chi connectivity index (χ0n) is 11.9. The highest BCUT2D eigenvalue weighted by atomic mass is 16.6. The first-order valence-electron chi connectivity index (χ1n) is 6.79. The minimum atomic E-state index is -0.391. The summed E-state index contributed by atoms with van der Waals surface area (Å²) in [5, 5.41) is 5.63. The Hall–Kier alpha value is -1.46. The smallest absolute Gasteiger partial charge is 0.407 e. The van der Waals surface area contributed by atoms with Crippen molar-refractivity contribution in [2.24, 2.45) is 5.41 Å². The molecule has 2 fully saturated rings. The van der Waals surface area contributed by atoms with Crippen molar-refractivity contribution in [2.75, 3.05) is 26.2 Å². The highest BCUT2D eigenvalue weighted by molar-refractivity contribution is 5.74. The molecule has 6 nitrogen and oxygen atoms in total. The molecule has 108 valence electrons. The normalized spacial score (nSPS) is 22.1. The van der Waals surface area contributed by atoms with Crippen LogP contribution >= 0.6 is 0 Å². The number of urea groups is 1. The molecule has 6 heteroatoms. The van der Waals surface area contributed by atoms with E-state index in [0.29, 0.717) is 39.0 Å². The minimum absolute atomic E-state index is 0.0259. The fraction of sp³-hybridized carbons (Fsp3) is 0.846. The van der Waals surface area contributed by atoms with Gasteiger partial charge in [0.2, 0.25) is 0 Å². The van der Waals surface area contributed by atoms with E-state index in [1.54, 1.807) is 4.90 Å². The van der Waals surface area contributed by atoms with E-state index in [-0.39, 0.29) is 17.5 Å². The van der Waals surface area contributed by atoms with Gasteiger partial charge in [-0.2, -0.15) is 0 Å². The second-order valence-corrected chi connectivity index (χ2v) is 6.63. The summed E-state index contributed by atoms with van der Waals surface area (Å²) in [6, 6.07) is -0.0259. The molecule has 2 aliphatic rings. The van der Waals surface area contributed by atoms with Crippen molar-refractivity contribution in [3.8, 4) is 0 Å². The molecule has 0 aliphatic carbocycles. The fourth-order valence-corrected chi connectivity index (χ4v) is 2.35. The zero-order valence-corrected chi connectivity index (χ0v) is 11.9. The van der Waals surface area contributed by atoms with Gasteiger partial charge in [-0.1, -0.05) is 20.8 Å². The molecule has 3 amide bonds. The number of likely N-dealkylation sites (tertiary alicyclic amines) is 1. The Morgan fingerprint density at radius 3 is 2.53 bits per heavy atom. The lowest BCUT2D eigenvalue weighted by molar-refractivity contribution is 0.00960. The van der Waals surface area contributed by atoms with Crippen LogP contribution in [0.2, 0.25) is 0 Å². The number of amides is 3. The van der Waals surface area contributed by atoms with E-state index in [1.807, 2.05) is 0 Å². The van der Waals surface area contributed by atoms with Gasteiger partial charge < -0.3 is 20.3 Å². The van der Waals surface area contributed by atoms with Crippen molar-refractivity contribution < 1.29 is 14.3 Å². The molecule has 0 aromatic carbocycles. The van der Waals surface area contributed by atoms with Gasteiger partial charge in [0.1, 0.15) is 5.60 Å². The predicted octanol–water partition coefficient (Wildman–Crippen LogP) is 1.32. The summed E-state index contributed by atoms with van der Waals surface area (Å²) in [5.74, 6) is 0. The van der Waals surface area contributed by atoms with Gasteiger partial charge in [-0.05, 0) is 5.41 Å². The molecule has 0 aromatic rings. The standard InChI is InChI=1S/C13H23N3O3/c1-12(2,3)8-14-10(17)16-6-4-13(5-7-16)9-15-11(18)19-13/h4-9H2,1-3H3,(H,14,17)(H,15,18). The summed E-state index contributed by atoms with van der Waals surface area (Å²) < 4.78 is 5.32. The Bertz CT molecular complexity index is 368. The molecule has 1 spiro atoms. The van der Waals surface area contributed by atoms with E-state index in [2.05, 4.69) is 31.4 Å². The van der Waals surface area contributed by atoms with E-state index in [9.17, 15) is 9.59 Å². The van der Waals surface area contributed by atoms with Crippen molar-refractivity contribution in [2.45, 2.75) is 39.2 Å². The van der Waals surface area contributed by atoms with Gasteiger partial charge >= 0.3 is 12.1 Å². The molecule has 2 N–H and O–H groups in total. The summed E-state index contributed by atoms with van der Waals surface area (Å²) >= 11 is 0. The quantitative estimate of drug-likeness (QED) is 0.754. The third-order valence-corrected chi connectivity index (χ3v) is 3.60.